The lowest BCUT2D eigenvalue weighted by atomic mass is 9.69. The van der Waals surface area contributed by atoms with Gasteiger partial charge in [0, 0.05) is 29.3 Å². The molecule has 2 aromatic carbocycles. The molecule has 0 radical (unpaired) electrons. The first-order chi connectivity index (χ1) is 14.8. The van der Waals surface area contributed by atoms with E-state index in [1.165, 1.54) is 0 Å². The fourth-order valence-electron chi connectivity index (χ4n) is 4.64. The maximum absolute atomic E-state index is 13.4. The van der Waals surface area contributed by atoms with Crippen molar-refractivity contribution in [3.8, 4) is 5.75 Å². The molecule has 0 spiro atoms. The lowest BCUT2D eigenvalue weighted by Crippen LogP contribution is -2.42. The van der Waals surface area contributed by atoms with Crippen molar-refractivity contribution in [1.29, 1.82) is 0 Å². The highest BCUT2D eigenvalue weighted by atomic mass is 16.5. The molecule has 1 aliphatic heterocycles. The van der Waals surface area contributed by atoms with Gasteiger partial charge in [-0.1, -0.05) is 49.0 Å². The van der Waals surface area contributed by atoms with Gasteiger partial charge in [-0.05, 0) is 49.4 Å². The van der Waals surface area contributed by atoms with Crippen LogP contribution in [0.3, 0.4) is 0 Å². The van der Waals surface area contributed by atoms with Crippen LogP contribution in [-0.4, -0.2) is 23.0 Å². The fraction of sp³-hybridized carbons (Fsp3) is 0.308. The van der Waals surface area contributed by atoms with E-state index in [1.807, 2.05) is 30.3 Å². The third-order valence-corrected chi connectivity index (χ3v) is 5.97. The number of ketones is 1. The number of hydrogen-bond donors (Lipinski definition) is 2. The molecule has 31 heavy (non-hydrogen) atoms. The molecule has 1 aliphatic carbocycles. The summed E-state index contributed by atoms with van der Waals surface area (Å²) in [5, 5.41) is 13.0. The molecule has 5 nitrogen and oxygen atoms in total. The molecule has 4 rings (SSSR count). The van der Waals surface area contributed by atoms with E-state index in [0.717, 1.165) is 16.8 Å². The number of nitrogens with one attached hydrogen (secondary N) is 1. The number of rotatable bonds is 4. The molecule has 1 heterocycles. The Morgan fingerprint density at radius 2 is 1.74 bits per heavy atom. The van der Waals surface area contributed by atoms with Crippen LogP contribution in [0.5, 0.6) is 5.75 Å². The van der Waals surface area contributed by atoms with Crippen molar-refractivity contribution >= 4 is 11.8 Å². The van der Waals surface area contributed by atoms with Gasteiger partial charge >= 0.3 is 5.97 Å². The molecular formula is C26H27NO4. The molecule has 2 aromatic rings. The van der Waals surface area contributed by atoms with E-state index in [9.17, 15) is 14.7 Å². The SMILES string of the molecule is C=C1NC2=C(C(=O)CC(c3ccccc3)C2)C(c2ccc(O)cc2)C1C(=O)OC(C)C. The van der Waals surface area contributed by atoms with Crippen LogP contribution in [0, 0.1) is 5.92 Å². The third kappa shape index (κ3) is 4.13. The zero-order chi connectivity index (χ0) is 22.1. The first-order valence-electron chi connectivity index (χ1n) is 10.6. The first-order valence-corrected chi connectivity index (χ1v) is 10.6. The topological polar surface area (TPSA) is 75.6 Å². The van der Waals surface area contributed by atoms with Crippen molar-refractivity contribution in [2.45, 2.75) is 44.6 Å². The highest BCUT2D eigenvalue weighted by molar-refractivity contribution is 6.01. The zero-order valence-electron chi connectivity index (χ0n) is 17.8. The fourth-order valence-corrected chi connectivity index (χ4v) is 4.64. The summed E-state index contributed by atoms with van der Waals surface area (Å²) in [6, 6.07) is 16.7. The van der Waals surface area contributed by atoms with Gasteiger partial charge in [-0.3, -0.25) is 9.59 Å². The van der Waals surface area contributed by atoms with Crippen molar-refractivity contribution in [1.82, 2.24) is 5.32 Å². The number of Topliss-reactive ketones (excluding diaryl/α,β-unsaturated/α-hetero) is 1. The monoisotopic (exact) mass is 417 g/mol. The lowest BCUT2D eigenvalue weighted by Gasteiger charge is -2.40. The second-order valence-electron chi connectivity index (χ2n) is 8.51. The molecule has 3 atom stereocenters. The summed E-state index contributed by atoms with van der Waals surface area (Å²) in [7, 11) is 0. The molecule has 0 aromatic heterocycles. The van der Waals surface area contributed by atoms with Gasteiger partial charge < -0.3 is 15.2 Å². The van der Waals surface area contributed by atoms with Gasteiger partial charge in [-0.15, -0.1) is 0 Å². The Kier molecular flexibility index (Phi) is 5.68. The first kappa shape index (κ1) is 20.9. The summed E-state index contributed by atoms with van der Waals surface area (Å²) in [6.45, 7) is 7.72. The van der Waals surface area contributed by atoms with Gasteiger partial charge in [0.05, 0.1) is 6.10 Å². The smallest absolute Gasteiger partial charge is 0.316 e. The van der Waals surface area contributed by atoms with E-state index in [2.05, 4.69) is 11.9 Å². The van der Waals surface area contributed by atoms with Gasteiger partial charge in [0.1, 0.15) is 11.7 Å². The second-order valence-corrected chi connectivity index (χ2v) is 8.51. The Balaban J connectivity index is 1.79. The number of hydrogen-bond acceptors (Lipinski definition) is 5. The van der Waals surface area contributed by atoms with Crippen LogP contribution in [0.25, 0.3) is 0 Å². The zero-order valence-corrected chi connectivity index (χ0v) is 17.8. The highest BCUT2D eigenvalue weighted by Gasteiger charge is 2.45. The Morgan fingerprint density at radius 1 is 1.06 bits per heavy atom. The summed E-state index contributed by atoms with van der Waals surface area (Å²) in [6.07, 6.45) is 0.781. The summed E-state index contributed by atoms with van der Waals surface area (Å²) in [5.41, 5.74) is 3.88. The van der Waals surface area contributed by atoms with E-state index in [0.29, 0.717) is 24.1 Å². The van der Waals surface area contributed by atoms with Crippen molar-refractivity contribution in [2.24, 2.45) is 5.92 Å². The van der Waals surface area contributed by atoms with Crippen LogP contribution in [0.2, 0.25) is 0 Å². The standard InChI is InChI=1S/C26H27NO4/c1-15(2)31-26(30)23-16(3)27-21-13-19(17-7-5-4-6-8-17)14-22(29)25(21)24(23)18-9-11-20(28)12-10-18/h4-12,15,19,23-24,27-28H,3,13-14H2,1-2H3. The maximum Gasteiger partial charge on any atom is 0.316 e. The van der Waals surface area contributed by atoms with Crippen LogP contribution in [0.4, 0.5) is 0 Å². The van der Waals surface area contributed by atoms with Crippen LogP contribution in [0.15, 0.2) is 78.1 Å². The number of phenols is 1. The number of carbonyl (C=O) groups is 2. The van der Waals surface area contributed by atoms with Crippen molar-refractivity contribution in [2.75, 3.05) is 0 Å². The molecule has 0 amide bonds. The Morgan fingerprint density at radius 3 is 2.39 bits per heavy atom. The van der Waals surface area contributed by atoms with Gasteiger partial charge in [0.2, 0.25) is 0 Å². The van der Waals surface area contributed by atoms with Gasteiger partial charge in [0.15, 0.2) is 5.78 Å². The maximum atomic E-state index is 13.4. The highest BCUT2D eigenvalue weighted by Crippen LogP contribution is 2.47. The molecule has 2 N–H and O–H groups in total. The van der Waals surface area contributed by atoms with Crippen molar-refractivity contribution in [3.05, 3.63) is 89.3 Å². The summed E-state index contributed by atoms with van der Waals surface area (Å²) >= 11 is 0. The Hall–Kier alpha value is -3.34. The Labute approximate surface area is 182 Å². The van der Waals surface area contributed by atoms with E-state index in [-0.39, 0.29) is 23.6 Å². The van der Waals surface area contributed by atoms with Gasteiger partial charge in [0.25, 0.3) is 0 Å². The number of carbonyl (C=O) groups excluding carboxylic acids is 2. The average molecular weight is 418 g/mol. The average Bonchev–Trinajstić information content (AvgIpc) is 2.73. The second kappa shape index (κ2) is 8.42. The quantitative estimate of drug-likeness (QED) is 0.713. The number of esters is 1. The molecule has 0 saturated heterocycles. The number of allylic oxidation sites excluding steroid dienone is 2. The van der Waals surface area contributed by atoms with Gasteiger partial charge in [-0.25, -0.2) is 0 Å². The van der Waals surface area contributed by atoms with Crippen molar-refractivity contribution < 1.29 is 19.4 Å². The molecular weight excluding hydrogens is 390 g/mol. The van der Waals surface area contributed by atoms with Crippen LogP contribution in [-0.2, 0) is 14.3 Å². The van der Waals surface area contributed by atoms with Crippen LogP contribution >= 0.6 is 0 Å². The normalized spacial score (nSPS) is 23.4. The van der Waals surface area contributed by atoms with E-state index < -0.39 is 17.8 Å². The summed E-state index contributed by atoms with van der Waals surface area (Å²) in [5.74, 6) is -1.40. The van der Waals surface area contributed by atoms with Gasteiger partial charge in [-0.2, -0.15) is 0 Å². The largest absolute Gasteiger partial charge is 0.508 e. The molecule has 5 heteroatoms. The van der Waals surface area contributed by atoms with Crippen LogP contribution < -0.4 is 5.32 Å². The summed E-state index contributed by atoms with van der Waals surface area (Å²) < 4.78 is 5.52. The molecule has 2 aliphatic rings. The molecule has 0 bridgehead atoms. The lowest BCUT2D eigenvalue weighted by molar-refractivity contribution is -0.151. The molecule has 160 valence electrons. The van der Waals surface area contributed by atoms with Crippen LogP contribution in [0.1, 0.15) is 49.7 Å². The molecule has 0 saturated carbocycles. The molecule has 0 fully saturated rings. The molecule has 3 unspecified atom stereocenters. The predicted octanol–water partition coefficient (Wildman–Crippen LogP) is 4.56. The predicted molar refractivity (Wildman–Crippen MR) is 118 cm³/mol. The van der Waals surface area contributed by atoms with E-state index >= 15 is 0 Å². The minimum absolute atomic E-state index is 0.0236. The third-order valence-electron chi connectivity index (χ3n) is 5.97. The minimum Gasteiger partial charge on any atom is -0.508 e. The number of ether oxygens (including phenoxy) is 1. The Bertz CT molecular complexity index is 1040. The van der Waals surface area contributed by atoms with Crippen molar-refractivity contribution in [3.63, 3.8) is 0 Å². The summed E-state index contributed by atoms with van der Waals surface area (Å²) in [4.78, 5) is 26.5. The number of aromatic hydroxyl groups is 1. The van der Waals surface area contributed by atoms with E-state index in [1.54, 1.807) is 38.1 Å². The minimum atomic E-state index is -0.720. The van der Waals surface area contributed by atoms with E-state index in [4.69, 9.17) is 4.74 Å². The number of benzene rings is 2. The number of phenolic OH excluding ortho intramolecular Hbond substituents is 1.